The lowest BCUT2D eigenvalue weighted by atomic mass is 10.0. The van der Waals surface area contributed by atoms with Gasteiger partial charge in [0.15, 0.2) is 0 Å². The summed E-state index contributed by atoms with van der Waals surface area (Å²) in [6.07, 6.45) is 4.54. The van der Waals surface area contributed by atoms with Gasteiger partial charge in [-0.25, -0.2) is 0 Å². The molecule has 70 valence electrons. The first-order valence-corrected chi connectivity index (χ1v) is 5.18. The van der Waals surface area contributed by atoms with Crippen LogP contribution in [-0.4, -0.2) is 31.6 Å². The molecular weight excluding hydrogens is 148 g/mol. The molecule has 2 saturated carbocycles. The molecule has 0 aromatic rings. The van der Waals surface area contributed by atoms with Gasteiger partial charge in [0, 0.05) is 19.6 Å². The van der Waals surface area contributed by atoms with Gasteiger partial charge in [-0.3, -0.25) is 0 Å². The van der Waals surface area contributed by atoms with Crippen LogP contribution < -0.4 is 5.73 Å². The Hall–Kier alpha value is -0.0800. The van der Waals surface area contributed by atoms with Crippen LogP contribution >= 0.6 is 0 Å². The first-order valence-electron chi connectivity index (χ1n) is 5.18. The Kier molecular flexibility index (Phi) is 2.37. The summed E-state index contributed by atoms with van der Waals surface area (Å²) >= 11 is 0. The zero-order valence-corrected chi connectivity index (χ0v) is 8.00. The van der Waals surface area contributed by atoms with E-state index in [9.17, 15) is 0 Å². The smallest absolute Gasteiger partial charge is 0.0102 e. The van der Waals surface area contributed by atoms with Gasteiger partial charge < -0.3 is 10.6 Å². The molecule has 2 N–H and O–H groups in total. The van der Waals surface area contributed by atoms with E-state index in [1.165, 1.54) is 25.8 Å². The van der Waals surface area contributed by atoms with E-state index >= 15 is 0 Å². The molecule has 0 aliphatic heterocycles. The van der Waals surface area contributed by atoms with Crippen molar-refractivity contribution in [3.8, 4) is 0 Å². The largest absolute Gasteiger partial charge is 0.329 e. The topological polar surface area (TPSA) is 29.3 Å². The molecule has 2 nitrogen and oxygen atoms in total. The molecule has 0 saturated heterocycles. The Morgan fingerprint density at radius 3 is 2.50 bits per heavy atom. The van der Waals surface area contributed by atoms with Crippen LogP contribution in [0.1, 0.15) is 19.3 Å². The van der Waals surface area contributed by atoms with Gasteiger partial charge in [0.1, 0.15) is 0 Å². The number of nitrogens with two attached hydrogens (primary N) is 1. The van der Waals surface area contributed by atoms with Gasteiger partial charge in [-0.05, 0) is 44.1 Å². The summed E-state index contributed by atoms with van der Waals surface area (Å²) < 4.78 is 0. The highest BCUT2D eigenvalue weighted by Crippen LogP contribution is 2.54. The molecule has 0 radical (unpaired) electrons. The van der Waals surface area contributed by atoms with Crippen molar-refractivity contribution in [2.75, 3.05) is 26.7 Å². The maximum atomic E-state index is 5.50. The molecular formula is C10H20N2. The van der Waals surface area contributed by atoms with Crippen molar-refractivity contribution in [1.29, 1.82) is 0 Å². The Labute approximate surface area is 75.1 Å². The maximum absolute atomic E-state index is 5.50. The minimum atomic E-state index is 0.802. The fraction of sp³-hybridized carbons (Fsp3) is 1.00. The summed E-state index contributed by atoms with van der Waals surface area (Å²) in [6, 6.07) is 0. The summed E-state index contributed by atoms with van der Waals surface area (Å²) in [6.45, 7) is 3.14. The molecule has 2 aliphatic carbocycles. The van der Waals surface area contributed by atoms with E-state index in [2.05, 4.69) is 11.9 Å². The summed E-state index contributed by atoms with van der Waals surface area (Å²) in [7, 11) is 2.19. The lowest BCUT2D eigenvalue weighted by molar-refractivity contribution is 0.273. The minimum absolute atomic E-state index is 0.802. The highest BCUT2D eigenvalue weighted by atomic mass is 15.1. The third-order valence-electron chi connectivity index (χ3n) is 3.42. The number of fused-ring (bicyclic) bond motifs is 1. The zero-order valence-electron chi connectivity index (χ0n) is 8.00. The van der Waals surface area contributed by atoms with Crippen LogP contribution in [0, 0.1) is 17.8 Å². The van der Waals surface area contributed by atoms with Crippen molar-refractivity contribution < 1.29 is 0 Å². The summed E-state index contributed by atoms with van der Waals surface area (Å²) in [5.74, 6) is 3.24. The highest BCUT2D eigenvalue weighted by molar-refractivity contribution is 4.96. The van der Waals surface area contributed by atoms with Crippen molar-refractivity contribution in [3.63, 3.8) is 0 Å². The summed E-state index contributed by atoms with van der Waals surface area (Å²) in [4.78, 5) is 2.38. The maximum Gasteiger partial charge on any atom is 0.0102 e. The molecule has 2 unspecified atom stereocenters. The SMILES string of the molecule is CN(CCN)CC1CC2CC2C1. The molecule has 0 spiro atoms. The van der Waals surface area contributed by atoms with Crippen LogP contribution in [0.4, 0.5) is 0 Å². The molecule has 2 rings (SSSR count). The van der Waals surface area contributed by atoms with Crippen LogP contribution in [0.25, 0.3) is 0 Å². The van der Waals surface area contributed by atoms with Gasteiger partial charge in [0.2, 0.25) is 0 Å². The first kappa shape index (κ1) is 8.52. The summed E-state index contributed by atoms with van der Waals surface area (Å²) in [5.41, 5.74) is 5.50. The molecule has 2 heteroatoms. The lowest BCUT2D eigenvalue weighted by Gasteiger charge is -2.20. The number of rotatable bonds is 4. The van der Waals surface area contributed by atoms with Gasteiger partial charge in [-0.1, -0.05) is 0 Å². The van der Waals surface area contributed by atoms with Crippen molar-refractivity contribution in [3.05, 3.63) is 0 Å². The minimum Gasteiger partial charge on any atom is -0.329 e. The third-order valence-corrected chi connectivity index (χ3v) is 3.42. The van der Waals surface area contributed by atoms with E-state index in [1.54, 1.807) is 0 Å². The Bertz CT molecular complexity index is 148. The van der Waals surface area contributed by atoms with Crippen LogP contribution in [0.15, 0.2) is 0 Å². The average molecular weight is 168 g/mol. The molecule has 0 aromatic heterocycles. The van der Waals surface area contributed by atoms with Crippen molar-refractivity contribution >= 4 is 0 Å². The number of hydrogen-bond donors (Lipinski definition) is 1. The third kappa shape index (κ3) is 1.80. The van der Waals surface area contributed by atoms with Gasteiger partial charge in [0.05, 0.1) is 0 Å². The number of likely N-dealkylation sites (N-methyl/N-ethyl adjacent to an activating group) is 1. The molecule has 12 heavy (non-hydrogen) atoms. The van der Waals surface area contributed by atoms with Crippen molar-refractivity contribution in [2.45, 2.75) is 19.3 Å². The predicted molar refractivity (Wildman–Crippen MR) is 50.9 cm³/mol. The Morgan fingerprint density at radius 2 is 1.92 bits per heavy atom. The van der Waals surface area contributed by atoms with E-state index in [4.69, 9.17) is 5.73 Å². The monoisotopic (exact) mass is 168 g/mol. The Balaban J connectivity index is 1.66. The van der Waals surface area contributed by atoms with Crippen LogP contribution in [0.5, 0.6) is 0 Å². The van der Waals surface area contributed by atoms with Gasteiger partial charge in [-0.2, -0.15) is 0 Å². The first-order chi connectivity index (χ1) is 5.79. The molecule has 0 aromatic carbocycles. The fourth-order valence-electron chi connectivity index (χ4n) is 2.74. The van der Waals surface area contributed by atoms with Crippen molar-refractivity contribution in [1.82, 2.24) is 4.90 Å². The van der Waals surface area contributed by atoms with Gasteiger partial charge >= 0.3 is 0 Å². The van der Waals surface area contributed by atoms with Crippen LogP contribution in [0.2, 0.25) is 0 Å². The normalized spacial score (nSPS) is 38.8. The fourth-order valence-corrected chi connectivity index (χ4v) is 2.74. The molecule has 2 fully saturated rings. The predicted octanol–water partition coefficient (Wildman–Crippen LogP) is 0.923. The van der Waals surface area contributed by atoms with Crippen LogP contribution in [-0.2, 0) is 0 Å². The van der Waals surface area contributed by atoms with E-state index in [0.717, 1.165) is 30.8 Å². The molecule has 2 atom stereocenters. The standard InChI is InChI=1S/C10H20N2/c1-12(3-2-11)7-8-4-9-6-10(9)5-8/h8-10H,2-7,11H2,1H3. The lowest BCUT2D eigenvalue weighted by Crippen LogP contribution is -2.30. The highest BCUT2D eigenvalue weighted by Gasteiger charge is 2.45. The van der Waals surface area contributed by atoms with E-state index in [0.29, 0.717) is 0 Å². The van der Waals surface area contributed by atoms with Gasteiger partial charge in [-0.15, -0.1) is 0 Å². The number of nitrogens with zero attached hydrogens (tertiary/aromatic N) is 1. The Morgan fingerprint density at radius 1 is 1.25 bits per heavy atom. The van der Waals surface area contributed by atoms with Crippen molar-refractivity contribution in [2.24, 2.45) is 23.5 Å². The van der Waals surface area contributed by atoms with E-state index < -0.39 is 0 Å². The zero-order chi connectivity index (χ0) is 8.55. The van der Waals surface area contributed by atoms with E-state index in [-0.39, 0.29) is 0 Å². The van der Waals surface area contributed by atoms with E-state index in [1.807, 2.05) is 0 Å². The molecule has 0 amide bonds. The molecule has 2 aliphatic rings. The summed E-state index contributed by atoms with van der Waals surface area (Å²) in [5, 5.41) is 0. The molecule has 0 bridgehead atoms. The second kappa shape index (κ2) is 3.35. The second-order valence-corrected chi connectivity index (χ2v) is 4.64. The van der Waals surface area contributed by atoms with Gasteiger partial charge in [0.25, 0.3) is 0 Å². The number of hydrogen-bond acceptors (Lipinski definition) is 2. The second-order valence-electron chi connectivity index (χ2n) is 4.64. The quantitative estimate of drug-likeness (QED) is 0.676. The average Bonchev–Trinajstić information content (AvgIpc) is 2.60. The van der Waals surface area contributed by atoms with Crippen LogP contribution in [0.3, 0.4) is 0 Å². The molecule has 0 heterocycles.